The van der Waals surface area contributed by atoms with Crippen molar-refractivity contribution in [1.29, 1.82) is 0 Å². The highest BCUT2D eigenvalue weighted by atomic mass is 16.5. The summed E-state index contributed by atoms with van der Waals surface area (Å²) >= 11 is 0. The van der Waals surface area contributed by atoms with Crippen LogP contribution in [0.3, 0.4) is 0 Å². The summed E-state index contributed by atoms with van der Waals surface area (Å²) in [6.45, 7) is 2.66. The van der Waals surface area contributed by atoms with Crippen LogP contribution in [0.1, 0.15) is 32.6 Å². The van der Waals surface area contributed by atoms with Gasteiger partial charge in [-0.3, -0.25) is 4.79 Å². The lowest BCUT2D eigenvalue weighted by Crippen LogP contribution is -2.07. The third-order valence-electron chi connectivity index (χ3n) is 5.29. The number of hydrogen-bond acceptors (Lipinski definition) is 4. The number of aryl methyl sites for hydroxylation is 1. The zero-order valence-electron chi connectivity index (χ0n) is 19.1. The number of hydrogen-bond donors (Lipinski definition) is 1. The monoisotopic (exact) mass is 449 g/mol. The zero-order valence-corrected chi connectivity index (χ0v) is 19.1. The minimum Gasteiger partial charge on any atom is -0.488 e. The average Bonchev–Trinajstić information content (AvgIpc) is 2.86. The van der Waals surface area contributed by atoms with E-state index in [-0.39, 0.29) is 5.78 Å². The number of allylic oxidation sites excluding steroid dienone is 1. The van der Waals surface area contributed by atoms with Crippen molar-refractivity contribution in [2.45, 2.75) is 20.1 Å². The number of nitrogen functional groups attached to an aromatic ring is 1. The Bertz CT molecular complexity index is 1200. The number of ketones is 1. The number of ether oxygens (including phenoxy) is 2. The molecule has 0 aliphatic carbocycles. The predicted octanol–water partition coefficient (Wildman–Crippen LogP) is 6.63. The third kappa shape index (κ3) is 6.14. The summed E-state index contributed by atoms with van der Waals surface area (Å²) in [6, 6.07) is 30.8. The second-order valence-electron chi connectivity index (χ2n) is 8.05. The molecular weight excluding hydrogens is 422 g/mol. The summed E-state index contributed by atoms with van der Waals surface area (Å²) < 4.78 is 12.3. The van der Waals surface area contributed by atoms with Gasteiger partial charge < -0.3 is 15.2 Å². The molecule has 0 radical (unpaired) electrons. The first-order valence-corrected chi connectivity index (χ1v) is 11.1. The van der Waals surface area contributed by atoms with E-state index in [0.29, 0.717) is 36.0 Å². The Morgan fingerprint density at radius 3 is 1.76 bits per heavy atom. The Morgan fingerprint density at radius 2 is 1.26 bits per heavy atom. The van der Waals surface area contributed by atoms with Crippen LogP contribution in [0.15, 0.2) is 103 Å². The van der Waals surface area contributed by atoms with E-state index in [9.17, 15) is 4.79 Å². The van der Waals surface area contributed by atoms with Crippen LogP contribution in [0.25, 0.3) is 6.08 Å². The largest absolute Gasteiger partial charge is 0.488 e. The predicted molar refractivity (Wildman–Crippen MR) is 137 cm³/mol. The van der Waals surface area contributed by atoms with Crippen molar-refractivity contribution in [2.75, 3.05) is 5.73 Å². The molecule has 0 saturated heterocycles. The summed E-state index contributed by atoms with van der Waals surface area (Å²) in [5.41, 5.74) is 10.7. The van der Waals surface area contributed by atoms with E-state index in [1.165, 1.54) is 0 Å². The number of nitrogens with two attached hydrogens (primary N) is 1. The molecule has 0 aromatic heterocycles. The smallest absolute Gasteiger partial charge is 0.193 e. The van der Waals surface area contributed by atoms with Gasteiger partial charge in [0.15, 0.2) is 5.78 Å². The Hall–Kier alpha value is -4.31. The van der Waals surface area contributed by atoms with Gasteiger partial charge in [0.25, 0.3) is 0 Å². The average molecular weight is 450 g/mol. The lowest BCUT2D eigenvalue weighted by Gasteiger charge is -2.16. The van der Waals surface area contributed by atoms with Gasteiger partial charge >= 0.3 is 0 Å². The minimum absolute atomic E-state index is 0.192. The van der Waals surface area contributed by atoms with Crippen molar-refractivity contribution in [3.8, 4) is 11.5 Å². The first kappa shape index (κ1) is 22.9. The summed E-state index contributed by atoms with van der Waals surface area (Å²) in [7, 11) is 0. The number of anilines is 1. The molecule has 170 valence electrons. The van der Waals surface area contributed by atoms with Gasteiger partial charge in [-0.2, -0.15) is 0 Å². The Balaban J connectivity index is 1.65. The van der Waals surface area contributed by atoms with E-state index in [1.807, 2.05) is 91.9 Å². The van der Waals surface area contributed by atoms with E-state index in [4.69, 9.17) is 15.2 Å². The van der Waals surface area contributed by atoms with E-state index >= 15 is 0 Å². The van der Waals surface area contributed by atoms with Gasteiger partial charge in [-0.05, 0) is 59.5 Å². The fourth-order valence-electron chi connectivity index (χ4n) is 3.52. The first-order valence-electron chi connectivity index (χ1n) is 11.1. The number of rotatable bonds is 9. The molecule has 0 bridgehead atoms. The van der Waals surface area contributed by atoms with Crippen molar-refractivity contribution in [3.05, 3.63) is 131 Å². The van der Waals surface area contributed by atoms with Crippen LogP contribution in [0.5, 0.6) is 11.5 Å². The van der Waals surface area contributed by atoms with Gasteiger partial charge in [-0.25, -0.2) is 0 Å². The maximum Gasteiger partial charge on any atom is 0.193 e. The Kier molecular flexibility index (Phi) is 7.41. The lowest BCUT2D eigenvalue weighted by molar-refractivity contribution is 0.103. The van der Waals surface area contributed by atoms with Crippen molar-refractivity contribution in [2.24, 2.45) is 0 Å². The van der Waals surface area contributed by atoms with E-state index in [0.717, 1.165) is 22.3 Å². The van der Waals surface area contributed by atoms with Crippen LogP contribution >= 0.6 is 0 Å². The molecule has 0 aliphatic rings. The van der Waals surface area contributed by atoms with Crippen molar-refractivity contribution >= 4 is 17.5 Å². The molecule has 4 rings (SSSR count). The SMILES string of the molecule is Cc1cc(OCc2ccccc2)c(C(=O)C=Cc2ccc(N)cc2)c(OCc2ccccc2)c1. The fraction of sp³-hybridized carbons (Fsp3) is 0.100. The van der Waals surface area contributed by atoms with E-state index in [2.05, 4.69) is 0 Å². The molecule has 0 fully saturated rings. The topological polar surface area (TPSA) is 61.5 Å². The normalized spacial score (nSPS) is 10.9. The minimum atomic E-state index is -0.192. The molecule has 0 aliphatic heterocycles. The number of benzene rings is 4. The van der Waals surface area contributed by atoms with Crippen LogP contribution in [-0.2, 0) is 13.2 Å². The van der Waals surface area contributed by atoms with E-state index < -0.39 is 0 Å². The highest BCUT2D eigenvalue weighted by Crippen LogP contribution is 2.33. The Morgan fingerprint density at radius 1 is 0.765 bits per heavy atom. The molecule has 0 unspecified atom stereocenters. The Labute approximate surface area is 200 Å². The van der Waals surface area contributed by atoms with Gasteiger partial charge in [0.1, 0.15) is 30.3 Å². The molecule has 4 aromatic rings. The molecule has 0 amide bonds. The molecule has 0 heterocycles. The van der Waals surface area contributed by atoms with Gasteiger partial charge in [-0.15, -0.1) is 0 Å². The number of carbonyl (C=O) groups excluding carboxylic acids is 1. The molecule has 4 heteroatoms. The molecular formula is C30H27NO3. The lowest BCUT2D eigenvalue weighted by atomic mass is 10.0. The third-order valence-corrected chi connectivity index (χ3v) is 5.29. The second kappa shape index (κ2) is 11.0. The molecule has 4 nitrogen and oxygen atoms in total. The van der Waals surface area contributed by atoms with Crippen LogP contribution in [0.2, 0.25) is 0 Å². The van der Waals surface area contributed by atoms with Crippen LogP contribution in [0.4, 0.5) is 5.69 Å². The molecule has 0 atom stereocenters. The summed E-state index contributed by atoms with van der Waals surface area (Å²) in [4.78, 5) is 13.4. The van der Waals surface area contributed by atoms with Crippen molar-refractivity contribution in [3.63, 3.8) is 0 Å². The standard InChI is InChI=1S/C30H27NO3/c1-22-18-28(33-20-24-8-4-2-5-9-24)30(27(32)17-14-23-12-15-26(31)16-13-23)29(19-22)34-21-25-10-6-3-7-11-25/h2-19H,20-21,31H2,1H3. The van der Waals surface area contributed by atoms with E-state index in [1.54, 1.807) is 24.3 Å². The van der Waals surface area contributed by atoms with Gasteiger partial charge in [0, 0.05) is 5.69 Å². The molecule has 2 N–H and O–H groups in total. The zero-order chi connectivity index (χ0) is 23.8. The molecule has 34 heavy (non-hydrogen) atoms. The van der Waals surface area contributed by atoms with Gasteiger partial charge in [0.2, 0.25) is 0 Å². The van der Waals surface area contributed by atoms with Gasteiger partial charge in [-0.1, -0.05) is 78.9 Å². The summed E-state index contributed by atoms with van der Waals surface area (Å²) in [5.74, 6) is 0.806. The van der Waals surface area contributed by atoms with Crippen LogP contribution in [-0.4, -0.2) is 5.78 Å². The van der Waals surface area contributed by atoms with Crippen molar-refractivity contribution in [1.82, 2.24) is 0 Å². The van der Waals surface area contributed by atoms with Crippen LogP contribution < -0.4 is 15.2 Å². The molecule has 4 aromatic carbocycles. The van der Waals surface area contributed by atoms with Crippen molar-refractivity contribution < 1.29 is 14.3 Å². The fourth-order valence-corrected chi connectivity index (χ4v) is 3.52. The molecule has 0 saturated carbocycles. The maximum absolute atomic E-state index is 13.4. The summed E-state index contributed by atoms with van der Waals surface area (Å²) in [5, 5.41) is 0. The number of carbonyl (C=O) groups is 1. The summed E-state index contributed by atoms with van der Waals surface area (Å²) in [6.07, 6.45) is 3.31. The maximum atomic E-state index is 13.4. The highest BCUT2D eigenvalue weighted by molar-refractivity contribution is 6.10. The van der Waals surface area contributed by atoms with Crippen LogP contribution in [0, 0.1) is 6.92 Å². The second-order valence-corrected chi connectivity index (χ2v) is 8.05. The van der Waals surface area contributed by atoms with Gasteiger partial charge in [0.05, 0.1) is 0 Å². The molecule has 0 spiro atoms. The first-order chi connectivity index (χ1) is 16.6. The highest BCUT2D eigenvalue weighted by Gasteiger charge is 2.19. The quantitative estimate of drug-likeness (QED) is 0.177.